The molecule has 5 nitrogen and oxygen atoms in total. The Bertz CT molecular complexity index is 767. The molecule has 0 saturated heterocycles. The molecule has 0 aliphatic carbocycles. The predicted octanol–water partition coefficient (Wildman–Crippen LogP) is 4.59. The summed E-state index contributed by atoms with van der Waals surface area (Å²) >= 11 is 0. The number of hydrogen-bond donors (Lipinski definition) is 1. The first kappa shape index (κ1) is 18.6. The van der Waals surface area contributed by atoms with Crippen LogP contribution in [-0.2, 0) is 6.42 Å². The summed E-state index contributed by atoms with van der Waals surface area (Å²) in [5.41, 5.74) is 2.65. The molecule has 0 aliphatic heterocycles. The smallest absolute Gasteiger partial charge is 0.285 e. The van der Waals surface area contributed by atoms with Crippen LogP contribution in [0.15, 0.2) is 42.5 Å². The van der Waals surface area contributed by atoms with Crippen molar-refractivity contribution in [3.05, 3.63) is 74.8 Å². The van der Waals surface area contributed by atoms with Crippen molar-refractivity contribution in [2.24, 2.45) is 5.92 Å². The Kier molecular flexibility index (Phi) is 5.91. The molecule has 25 heavy (non-hydrogen) atoms. The second-order valence-electron chi connectivity index (χ2n) is 6.76. The van der Waals surface area contributed by atoms with E-state index in [0.29, 0.717) is 11.5 Å². The van der Waals surface area contributed by atoms with E-state index in [1.54, 1.807) is 19.1 Å². The van der Waals surface area contributed by atoms with Crippen LogP contribution in [0, 0.1) is 23.0 Å². The van der Waals surface area contributed by atoms with E-state index in [4.69, 9.17) is 0 Å². The zero-order chi connectivity index (χ0) is 18.6. The topological polar surface area (TPSA) is 72.2 Å². The molecule has 5 heteroatoms. The van der Waals surface area contributed by atoms with Gasteiger partial charge in [-0.15, -0.1) is 0 Å². The van der Waals surface area contributed by atoms with Gasteiger partial charge >= 0.3 is 0 Å². The zero-order valence-corrected chi connectivity index (χ0v) is 15.1. The number of benzene rings is 2. The molecular formula is C20H24N2O3. The number of rotatable bonds is 6. The molecule has 0 saturated carbocycles. The van der Waals surface area contributed by atoms with Crippen LogP contribution >= 0.6 is 0 Å². The van der Waals surface area contributed by atoms with Crippen molar-refractivity contribution >= 4 is 11.6 Å². The molecule has 0 aliphatic rings. The summed E-state index contributed by atoms with van der Waals surface area (Å²) in [4.78, 5) is 23.3. The number of nitro groups is 1. The first-order valence-electron chi connectivity index (χ1n) is 8.43. The number of carbonyl (C=O) groups excluding carboxylic acids is 1. The van der Waals surface area contributed by atoms with Gasteiger partial charge in [-0.25, -0.2) is 0 Å². The molecule has 0 spiro atoms. The van der Waals surface area contributed by atoms with Crippen LogP contribution in [0.3, 0.4) is 0 Å². The standard InChI is InChI=1S/C20H24N2O3/c1-13(2)12-16-8-10-17(11-9-16)15(4)21-20(23)18-7-5-6-14(3)19(18)22(24)25/h5-11,13,15H,12H2,1-4H3,(H,21,23)/t15-/m1/s1. The third-order valence-corrected chi connectivity index (χ3v) is 4.14. The molecule has 1 atom stereocenters. The summed E-state index contributed by atoms with van der Waals surface area (Å²) in [6.07, 6.45) is 1.01. The van der Waals surface area contributed by atoms with E-state index in [9.17, 15) is 14.9 Å². The van der Waals surface area contributed by atoms with Gasteiger partial charge in [0.1, 0.15) is 5.56 Å². The summed E-state index contributed by atoms with van der Waals surface area (Å²) in [6, 6.07) is 12.6. The number of para-hydroxylation sites is 1. The van der Waals surface area contributed by atoms with Crippen LogP contribution in [0.25, 0.3) is 0 Å². The Labute approximate surface area is 148 Å². The lowest BCUT2D eigenvalue weighted by molar-refractivity contribution is -0.385. The fourth-order valence-electron chi connectivity index (χ4n) is 2.86. The van der Waals surface area contributed by atoms with Crippen molar-refractivity contribution in [2.45, 2.75) is 40.2 Å². The molecule has 1 amide bonds. The molecule has 1 N–H and O–H groups in total. The first-order chi connectivity index (χ1) is 11.8. The Morgan fingerprint density at radius 2 is 1.76 bits per heavy atom. The van der Waals surface area contributed by atoms with E-state index in [1.807, 2.05) is 19.1 Å². The fraction of sp³-hybridized carbons (Fsp3) is 0.350. The lowest BCUT2D eigenvalue weighted by atomic mass is 9.99. The minimum absolute atomic E-state index is 0.0910. The Morgan fingerprint density at radius 3 is 2.32 bits per heavy atom. The molecule has 0 aromatic heterocycles. The van der Waals surface area contributed by atoms with Gasteiger partial charge in [0.2, 0.25) is 0 Å². The van der Waals surface area contributed by atoms with Crippen molar-refractivity contribution in [3.63, 3.8) is 0 Å². The third-order valence-electron chi connectivity index (χ3n) is 4.14. The van der Waals surface area contributed by atoms with Crippen molar-refractivity contribution in [1.29, 1.82) is 0 Å². The van der Waals surface area contributed by atoms with Gasteiger partial charge in [0, 0.05) is 5.56 Å². The number of hydrogen-bond acceptors (Lipinski definition) is 3. The predicted molar refractivity (Wildman–Crippen MR) is 98.7 cm³/mol. The molecule has 0 radical (unpaired) electrons. The van der Waals surface area contributed by atoms with Gasteiger partial charge in [0.25, 0.3) is 11.6 Å². The molecular weight excluding hydrogens is 316 g/mol. The van der Waals surface area contributed by atoms with Gasteiger partial charge in [-0.05, 0) is 43.4 Å². The van der Waals surface area contributed by atoms with Gasteiger partial charge < -0.3 is 5.32 Å². The van der Waals surface area contributed by atoms with Gasteiger partial charge in [-0.1, -0.05) is 50.2 Å². The van der Waals surface area contributed by atoms with E-state index in [0.717, 1.165) is 12.0 Å². The molecule has 0 unspecified atom stereocenters. The minimum Gasteiger partial charge on any atom is -0.345 e. The van der Waals surface area contributed by atoms with E-state index in [1.165, 1.54) is 11.6 Å². The second-order valence-corrected chi connectivity index (χ2v) is 6.76. The highest BCUT2D eigenvalue weighted by Crippen LogP contribution is 2.24. The van der Waals surface area contributed by atoms with Crippen LogP contribution < -0.4 is 5.32 Å². The molecule has 2 rings (SSSR count). The van der Waals surface area contributed by atoms with E-state index >= 15 is 0 Å². The molecule has 2 aromatic rings. The monoisotopic (exact) mass is 340 g/mol. The lowest BCUT2D eigenvalue weighted by Crippen LogP contribution is -2.27. The fourth-order valence-corrected chi connectivity index (χ4v) is 2.86. The maximum Gasteiger partial charge on any atom is 0.285 e. The Morgan fingerprint density at radius 1 is 1.12 bits per heavy atom. The van der Waals surface area contributed by atoms with Crippen LogP contribution in [-0.4, -0.2) is 10.8 Å². The van der Waals surface area contributed by atoms with Crippen molar-refractivity contribution in [3.8, 4) is 0 Å². The Hall–Kier alpha value is -2.69. The number of nitrogens with one attached hydrogen (secondary N) is 1. The molecule has 0 fully saturated rings. The summed E-state index contributed by atoms with van der Waals surface area (Å²) in [5.74, 6) is 0.152. The highest BCUT2D eigenvalue weighted by molar-refractivity contribution is 5.98. The largest absolute Gasteiger partial charge is 0.345 e. The van der Waals surface area contributed by atoms with Gasteiger partial charge in [-0.2, -0.15) is 0 Å². The minimum atomic E-state index is -0.504. The first-order valence-corrected chi connectivity index (χ1v) is 8.43. The van der Waals surface area contributed by atoms with E-state index in [2.05, 4.69) is 31.3 Å². The lowest BCUT2D eigenvalue weighted by Gasteiger charge is -2.15. The van der Waals surface area contributed by atoms with Gasteiger partial charge in [0.05, 0.1) is 11.0 Å². The van der Waals surface area contributed by atoms with Crippen molar-refractivity contribution < 1.29 is 9.72 Å². The Balaban J connectivity index is 2.15. The number of nitrogens with zero attached hydrogens (tertiary/aromatic N) is 1. The van der Waals surface area contributed by atoms with Crippen LogP contribution in [0.5, 0.6) is 0 Å². The second kappa shape index (κ2) is 7.92. The summed E-state index contributed by atoms with van der Waals surface area (Å²) in [5, 5.41) is 14.1. The molecule has 132 valence electrons. The van der Waals surface area contributed by atoms with Crippen molar-refractivity contribution in [1.82, 2.24) is 5.32 Å². The number of amides is 1. The van der Waals surface area contributed by atoms with Crippen LogP contribution in [0.4, 0.5) is 5.69 Å². The summed E-state index contributed by atoms with van der Waals surface area (Å²) in [7, 11) is 0. The average molecular weight is 340 g/mol. The van der Waals surface area contributed by atoms with Crippen molar-refractivity contribution in [2.75, 3.05) is 0 Å². The van der Waals surface area contributed by atoms with E-state index in [-0.39, 0.29) is 17.3 Å². The molecule has 2 aromatic carbocycles. The quantitative estimate of drug-likeness (QED) is 0.617. The van der Waals surface area contributed by atoms with E-state index < -0.39 is 10.8 Å². The highest BCUT2D eigenvalue weighted by atomic mass is 16.6. The average Bonchev–Trinajstić information content (AvgIpc) is 2.54. The summed E-state index contributed by atoms with van der Waals surface area (Å²) < 4.78 is 0. The normalized spacial score (nSPS) is 12.0. The number of aryl methyl sites for hydroxylation is 1. The van der Waals surface area contributed by atoms with Gasteiger partial charge in [0.15, 0.2) is 0 Å². The molecule has 0 bridgehead atoms. The highest BCUT2D eigenvalue weighted by Gasteiger charge is 2.23. The number of nitro benzene ring substituents is 1. The maximum atomic E-state index is 12.5. The zero-order valence-electron chi connectivity index (χ0n) is 15.1. The third kappa shape index (κ3) is 4.66. The van der Waals surface area contributed by atoms with Gasteiger partial charge in [-0.3, -0.25) is 14.9 Å². The molecule has 0 heterocycles. The van der Waals surface area contributed by atoms with Crippen LogP contribution in [0.1, 0.15) is 53.9 Å². The number of carbonyl (C=O) groups is 1. The summed E-state index contributed by atoms with van der Waals surface area (Å²) in [6.45, 7) is 7.85. The SMILES string of the molecule is Cc1cccc(C(=O)N[C@H](C)c2ccc(CC(C)C)cc2)c1[N+](=O)[O-]. The van der Waals surface area contributed by atoms with Crippen LogP contribution in [0.2, 0.25) is 0 Å². The maximum absolute atomic E-state index is 12.5.